The summed E-state index contributed by atoms with van der Waals surface area (Å²) in [4.78, 5) is 8.31. The van der Waals surface area contributed by atoms with Gasteiger partial charge in [0, 0.05) is 11.6 Å². The standard InChI is InChI=1S/C13H19ClN4/c14-11-9-6-7-10(8-4-2-1-3-5-8)16-12(9)18-13(15)17-11/h8,10H,1-7H2,(H3,15,16,17,18). The van der Waals surface area contributed by atoms with Crippen molar-refractivity contribution in [2.75, 3.05) is 11.1 Å². The maximum absolute atomic E-state index is 6.11. The second kappa shape index (κ2) is 4.92. The Labute approximate surface area is 112 Å². The number of nitrogen functional groups attached to an aromatic ring is 1. The van der Waals surface area contributed by atoms with Crippen molar-refractivity contribution in [2.45, 2.75) is 51.0 Å². The Balaban J connectivity index is 1.79. The van der Waals surface area contributed by atoms with Crippen LogP contribution in [0.3, 0.4) is 0 Å². The van der Waals surface area contributed by atoms with E-state index >= 15 is 0 Å². The van der Waals surface area contributed by atoms with Crippen LogP contribution < -0.4 is 11.1 Å². The number of nitrogens with two attached hydrogens (primary N) is 1. The minimum absolute atomic E-state index is 0.260. The molecular formula is C13H19ClN4. The van der Waals surface area contributed by atoms with Gasteiger partial charge in [0.15, 0.2) is 0 Å². The van der Waals surface area contributed by atoms with Gasteiger partial charge in [0.1, 0.15) is 11.0 Å². The predicted molar refractivity (Wildman–Crippen MR) is 73.8 cm³/mol. The molecule has 3 rings (SSSR count). The molecule has 1 atom stereocenters. The van der Waals surface area contributed by atoms with Crippen LogP contribution in [0.15, 0.2) is 0 Å². The summed E-state index contributed by atoms with van der Waals surface area (Å²) in [5.41, 5.74) is 6.69. The molecule has 1 fully saturated rings. The van der Waals surface area contributed by atoms with Gasteiger partial charge in [0.05, 0.1) is 0 Å². The first-order valence-electron chi connectivity index (χ1n) is 6.82. The molecule has 2 aliphatic rings. The van der Waals surface area contributed by atoms with E-state index in [1.54, 1.807) is 0 Å². The molecule has 1 saturated carbocycles. The molecule has 0 amide bonds. The summed E-state index contributed by atoms with van der Waals surface area (Å²) in [5, 5.41) is 4.04. The van der Waals surface area contributed by atoms with Gasteiger partial charge in [-0.1, -0.05) is 30.9 Å². The van der Waals surface area contributed by atoms with Gasteiger partial charge in [-0.25, -0.2) is 4.98 Å². The Bertz CT molecular complexity index is 443. The van der Waals surface area contributed by atoms with Gasteiger partial charge in [-0.2, -0.15) is 4.98 Å². The monoisotopic (exact) mass is 266 g/mol. The fourth-order valence-electron chi connectivity index (χ4n) is 3.25. The zero-order valence-corrected chi connectivity index (χ0v) is 11.2. The number of rotatable bonds is 1. The lowest BCUT2D eigenvalue weighted by Crippen LogP contribution is -2.35. The molecular weight excluding hydrogens is 248 g/mol. The third-order valence-corrected chi connectivity index (χ3v) is 4.53. The van der Waals surface area contributed by atoms with E-state index < -0.39 is 0 Å². The molecule has 1 aliphatic heterocycles. The van der Waals surface area contributed by atoms with E-state index in [2.05, 4.69) is 15.3 Å². The predicted octanol–water partition coefficient (Wildman–Crippen LogP) is 3.02. The molecule has 98 valence electrons. The van der Waals surface area contributed by atoms with Gasteiger partial charge < -0.3 is 11.1 Å². The average molecular weight is 267 g/mol. The first kappa shape index (κ1) is 12.0. The number of anilines is 2. The fraction of sp³-hybridized carbons (Fsp3) is 0.692. The summed E-state index contributed by atoms with van der Waals surface area (Å²) in [5.74, 6) is 1.90. The average Bonchev–Trinajstić information content (AvgIpc) is 2.39. The SMILES string of the molecule is Nc1nc(Cl)c2c(n1)NC(C1CCCCC1)CC2. The topological polar surface area (TPSA) is 63.8 Å². The van der Waals surface area contributed by atoms with Crippen molar-refractivity contribution in [1.82, 2.24) is 9.97 Å². The van der Waals surface area contributed by atoms with Crippen LogP contribution in [0.25, 0.3) is 0 Å². The fourth-order valence-corrected chi connectivity index (χ4v) is 3.52. The minimum atomic E-state index is 0.260. The number of halogens is 1. The lowest BCUT2D eigenvalue weighted by molar-refractivity contribution is 0.304. The van der Waals surface area contributed by atoms with Crippen molar-refractivity contribution in [1.29, 1.82) is 0 Å². The van der Waals surface area contributed by atoms with Crippen molar-refractivity contribution in [3.63, 3.8) is 0 Å². The Hall–Kier alpha value is -1.03. The molecule has 1 unspecified atom stereocenters. The molecule has 0 spiro atoms. The van der Waals surface area contributed by atoms with E-state index in [0.717, 1.165) is 30.1 Å². The molecule has 4 nitrogen and oxygen atoms in total. The molecule has 2 heterocycles. The zero-order valence-electron chi connectivity index (χ0n) is 10.5. The first-order valence-corrected chi connectivity index (χ1v) is 7.20. The highest BCUT2D eigenvalue weighted by molar-refractivity contribution is 6.30. The van der Waals surface area contributed by atoms with E-state index in [9.17, 15) is 0 Å². The molecule has 0 radical (unpaired) electrons. The van der Waals surface area contributed by atoms with E-state index in [1.807, 2.05) is 0 Å². The molecule has 18 heavy (non-hydrogen) atoms. The highest BCUT2D eigenvalue weighted by Gasteiger charge is 2.29. The number of hydrogen-bond donors (Lipinski definition) is 2. The van der Waals surface area contributed by atoms with E-state index in [-0.39, 0.29) is 5.95 Å². The van der Waals surface area contributed by atoms with Crippen molar-refractivity contribution in [3.8, 4) is 0 Å². The molecule has 0 saturated heterocycles. The molecule has 1 aromatic heterocycles. The third kappa shape index (κ3) is 2.26. The summed E-state index contributed by atoms with van der Waals surface area (Å²) in [6.45, 7) is 0. The van der Waals surface area contributed by atoms with Crippen molar-refractivity contribution < 1.29 is 0 Å². The van der Waals surface area contributed by atoms with Gasteiger partial charge in [0.25, 0.3) is 0 Å². The number of nitrogens with zero attached hydrogens (tertiary/aromatic N) is 2. The molecule has 1 aliphatic carbocycles. The van der Waals surface area contributed by atoms with Gasteiger partial charge in [-0.05, 0) is 31.6 Å². The van der Waals surface area contributed by atoms with Gasteiger partial charge in [0.2, 0.25) is 5.95 Å². The van der Waals surface area contributed by atoms with Crippen LogP contribution in [0.4, 0.5) is 11.8 Å². The van der Waals surface area contributed by atoms with Crippen LogP contribution >= 0.6 is 11.6 Å². The van der Waals surface area contributed by atoms with E-state index in [1.165, 1.54) is 32.1 Å². The Morgan fingerprint density at radius 2 is 1.89 bits per heavy atom. The third-order valence-electron chi connectivity index (χ3n) is 4.22. The number of fused-ring (bicyclic) bond motifs is 1. The van der Waals surface area contributed by atoms with Crippen LogP contribution in [0.1, 0.15) is 44.1 Å². The normalized spacial score (nSPS) is 24.4. The second-order valence-corrected chi connectivity index (χ2v) is 5.75. The smallest absolute Gasteiger partial charge is 0.223 e. The van der Waals surface area contributed by atoms with Crippen molar-refractivity contribution in [2.24, 2.45) is 5.92 Å². The largest absolute Gasteiger partial charge is 0.368 e. The van der Waals surface area contributed by atoms with Gasteiger partial charge in [-0.15, -0.1) is 0 Å². The molecule has 5 heteroatoms. The quantitative estimate of drug-likeness (QED) is 0.767. The van der Waals surface area contributed by atoms with Crippen LogP contribution in [-0.2, 0) is 6.42 Å². The maximum Gasteiger partial charge on any atom is 0.223 e. The van der Waals surface area contributed by atoms with Crippen LogP contribution in [0.5, 0.6) is 0 Å². The Morgan fingerprint density at radius 1 is 1.11 bits per heavy atom. The summed E-state index contributed by atoms with van der Waals surface area (Å²) < 4.78 is 0. The minimum Gasteiger partial charge on any atom is -0.368 e. The van der Waals surface area contributed by atoms with E-state index in [0.29, 0.717) is 11.2 Å². The number of hydrogen-bond acceptors (Lipinski definition) is 4. The molecule has 3 N–H and O–H groups in total. The zero-order chi connectivity index (χ0) is 12.5. The molecule has 1 aromatic rings. The second-order valence-electron chi connectivity index (χ2n) is 5.39. The lowest BCUT2D eigenvalue weighted by Gasteiger charge is -2.34. The number of nitrogens with one attached hydrogen (secondary N) is 1. The van der Waals surface area contributed by atoms with Crippen molar-refractivity contribution >= 4 is 23.4 Å². The molecule has 0 aromatic carbocycles. The molecule has 0 bridgehead atoms. The van der Waals surface area contributed by atoms with Crippen LogP contribution in [0.2, 0.25) is 5.15 Å². The Kier molecular flexibility index (Phi) is 3.29. The highest BCUT2D eigenvalue weighted by atomic mass is 35.5. The summed E-state index contributed by atoms with van der Waals surface area (Å²) in [7, 11) is 0. The van der Waals surface area contributed by atoms with Gasteiger partial charge >= 0.3 is 0 Å². The Morgan fingerprint density at radius 3 is 2.67 bits per heavy atom. The summed E-state index contributed by atoms with van der Waals surface area (Å²) >= 11 is 6.11. The summed E-state index contributed by atoms with van der Waals surface area (Å²) in [6.07, 6.45) is 8.88. The highest BCUT2D eigenvalue weighted by Crippen LogP contribution is 2.35. The van der Waals surface area contributed by atoms with Gasteiger partial charge in [-0.3, -0.25) is 0 Å². The number of aromatic nitrogens is 2. The lowest BCUT2D eigenvalue weighted by atomic mass is 9.80. The first-order chi connectivity index (χ1) is 8.74. The summed E-state index contributed by atoms with van der Waals surface area (Å²) in [6, 6.07) is 0.531. The van der Waals surface area contributed by atoms with Crippen LogP contribution in [-0.4, -0.2) is 16.0 Å². The maximum atomic E-state index is 6.11. The van der Waals surface area contributed by atoms with E-state index in [4.69, 9.17) is 17.3 Å². The van der Waals surface area contributed by atoms with Crippen LogP contribution in [0, 0.1) is 5.92 Å². The van der Waals surface area contributed by atoms with Crippen molar-refractivity contribution in [3.05, 3.63) is 10.7 Å².